The van der Waals surface area contributed by atoms with Gasteiger partial charge in [0.1, 0.15) is 0 Å². The molecule has 1 aromatic carbocycles. The minimum absolute atomic E-state index is 0.0126. The van der Waals surface area contributed by atoms with Crippen molar-refractivity contribution < 1.29 is 22.7 Å². The minimum Gasteiger partial charge on any atom is -0.462 e. The molecule has 0 saturated carbocycles. The second-order valence-corrected chi connectivity index (χ2v) is 7.56. The molecule has 1 rings (SSSR count). The van der Waals surface area contributed by atoms with Crippen molar-refractivity contribution in [3.05, 3.63) is 29.8 Å². The average Bonchev–Trinajstić information content (AvgIpc) is 2.50. The van der Waals surface area contributed by atoms with Crippen LogP contribution in [0.4, 0.5) is 10.5 Å². The van der Waals surface area contributed by atoms with Gasteiger partial charge in [-0.15, -0.1) is 0 Å². The van der Waals surface area contributed by atoms with Gasteiger partial charge in [0.2, 0.25) is 10.0 Å². The zero-order valence-electron chi connectivity index (χ0n) is 14.9. The largest absolute Gasteiger partial charge is 0.462 e. The topological polar surface area (TPSA) is 105 Å². The molecular formula is C16H25N3O5S. The molecule has 0 aliphatic heterocycles. The first kappa shape index (κ1) is 20.8. The highest BCUT2D eigenvalue weighted by Gasteiger charge is 2.18. The summed E-state index contributed by atoms with van der Waals surface area (Å²) in [5.41, 5.74) is 0.745. The first-order valence-corrected chi connectivity index (χ1v) is 9.79. The van der Waals surface area contributed by atoms with E-state index in [0.717, 1.165) is 10.6 Å². The molecule has 0 radical (unpaired) electrons. The number of nitrogens with zero attached hydrogens (tertiary/aromatic N) is 1. The number of benzene rings is 1. The van der Waals surface area contributed by atoms with Gasteiger partial charge in [0.25, 0.3) is 0 Å². The van der Waals surface area contributed by atoms with Crippen molar-refractivity contribution >= 4 is 27.7 Å². The summed E-state index contributed by atoms with van der Waals surface area (Å²) in [6.45, 7) is 5.84. The monoisotopic (exact) mass is 371 g/mol. The molecule has 25 heavy (non-hydrogen) atoms. The van der Waals surface area contributed by atoms with Crippen molar-refractivity contribution in [3.8, 4) is 0 Å². The Labute approximate surface area is 148 Å². The smallest absolute Gasteiger partial charge is 0.338 e. The van der Waals surface area contributed by atoms with Crippen LogP contribution in [0.25, 0.3) is 0 Å². The number of nitrogens with one attached hydrogen (secondary N) is 2. The maximum Gasteiger partial charge on any atom is 0.338 e. The quantitative estimate of drug-likeness (QED) is 0.671. The summed E-state index contributed by atoms with van der Waals surface area (Å²) >= 11 is 0. The van der Waals surface area contributed by atoms with E-state index in [1.807, 2.05) is 13.8 Å². The van der Waals surface area contributed by atoms with Crippen molar-refractivity contribution in [2.45, 2.75) is 26.8 Å². The van der Waals surface area contributed by atoms with Gasteiger partial charge in [-0.05, 0) is 45.0 Å². The predicted molar refractivity (Wildman–Crippen MR) is 96.3 cm³/mol. The molecule has 0 aliphatic carbocycles. The van der Waals surface area contributed by atoms with Crippen molar-refractivity contribution in [1.82, 2.24) is 10.6 Å². The van der Waals surface area contributed by atoms with Crippen LogP contribution < -0.4 is 14.9 Å². The van der Waals surface area contributed by atoms with Gasteiger partial charge in [-0.1, -0.05) is 0 Å². The van der Waals surface area contributed by atoms with Gasteiger partial charge in [-0.3, -0.25) is 4.31 Å². The maximum atomic E-state index is 12.0. The number of anilines is 1. The SMILES string of the molecule is CCOC(=O)c1ccc(N(CCNC(=O)NC(C)C)S(C)(=O)=O)cc1. The molecule has 1 aromatic rings. The van der Waals surface area contributed by atoms with Gasteiger partial charge in [-0.25, -0.2) is 18.0 Å². The van der Waals surface area contributed by atoms with E-state index < -0.39 is 16.0 Å². The first-order chi connectivity index (χ1) is 11.6. The van der Waals surface area contributed by atoms with Gasteiger partial charge in [0.05, 0.1) is 30.7 Å². The Morgan fingerprint density at radius 3 is 2.28 bits per heavy atom. The highest BCUT2D eigenvalue weighted by molar-refractivity contribution is 7.92. The fraction of sp³-hybridized carbons (Fsp3) is 0.500. The number of esters is 1. The second kappa shape index (κ2) is 9.26. The lowest BCUT2D eigenvalue weighted by Gasteiger charge is -2.23. The van der Waals surface area contributed by atoms with Crippen LogP contribution in [0.2, 0.25) is 0 Å². The zero-order chi connectivity index (χ0) is 19.0. The van der Waals surface area contributed by atoms with E-state index in [4.69, 9.17) is 4.74 Å². The number of hydrogen-bond donors (Lipinski definition) is 2. The van der Waals surface area contributed by atoms with E-state index >= 15 is 0 Å². The maximum absolute atomic E-state index is 12.0. The molecule has 0 heterocycles. The number of hydrogen-bond acceptors (Lipinski definition) is 5. The third-order valence-electron chi connectivity index (χ3n) is 3.09. The number of amides is 2. The van der Waals surface area contributed by atoms with Crippen LogP contribution in [0.5, 0.6) is 0 Å². The van der Waals surface area contributed by atoms with E-state index in [1.54, 1.807) is 6.92 Å². The number of urea groups is 1. The lowest BCUT2D eigenvalue weighted by atomic mass is 10.2. The molecule has 2 N–H and O–H groups in total. The molecule has 0 aliphatic rings. The van der Waals surface area contributed by atoms with Gasteiger partial charge < -0.3 is 15.4 Å². The van der Waals surface area contributed by atoms with E-state index in [0.29, 0.717) is 11.3 Å². The summed E-state index contributed by atoms with van der Waals surface area (Å²) in [5.74, 6) is -0.466. The fourth-order valence-electron chi connectivity index (χ4n) is 2.05. The Hall–Kier alpha value is -2.29. The number of sulfonamides is 1. The molecule has 0 spiro atoms. The molecule has 0 atom stereocenters. The van der Waals surface area contributed by atoms with Gasteiger partial charge in [-0.2, -0.15) is 0 Å². The third kappa shape index (κ3) is 7.00. The lowest BCUT2D eigenvalue weighted by molar-refractivity contribution is 0.0526. The van der Waals surface area contributed by atoms with E-state index in [2.05, 4.69) is 10.6 Å². The number of rotatable bonds is 8. The van der Waals surface area contributed by atoms with Crippen molar-refractivity contribution in [1.29, 1.82) is 0 Å². The van der Waals surface area contributed by atoms with Gasteiger partial charge in [0, 0.05) is 12.6 Å². The van der Waals surface area contributed by atoms with E-state index in [-0.39, 0.29) is 31.8 Å². The molecule has 0 saturated heterocycles. The standard InChI is InChI=1S/C16H25N3O5S/c1-5-24-15(20)13-6-8-14(9-7-13)19(25(4,22)23)11-10-17-16(21)18-12(2)3/h6-9,12H,5,10-11H2,1-4H3,(H2,17,18,21). The summed E-state index contributed by atoms with van der Waals surface area (Å²) in [7, 11) is -3.54. The summed E-state index contributed by atoms with van der Waals surface area (Å²) < 4.78 is 30.1. The van der Waals surface area contributed by atoms with Crippen molar-refractivity contribution in [2.75, 3.05) is 30.3 Å². The number of carbonyl (C=O) groups excluding carboxylic acids is 2. The van der Waals surface area contributed by atoms with Crippen LogP contribution >= 0.6 is 0 Å². The Balaban J connectivity index is 2.80. The molecule has 0 fully saturated rings. The van der Waals surface area contributed by atoms with E-state index in [9.17, 15) is 18.0 Å². The molecule has 0 unspecified atom stereocenters. The van der Waals surface area contributed by atoms with Crippen LogP contribution in [0.3, 0.4) is 0 Å². The average molecular weight is 371 g/mol. The van der Waals surface area contributed by atoms with Crippen molar-refractivity contribution in [2.24, 2.45) is 0 Å². The predicted octanol–water partition coefficient (Wildman–Crippen LogP) is 1.34. The Kier molecular flexibility index (Phi) is 7.69. The lowest BCUT2D eigenvalue weighted by Crippen LogP contribution is -2.43. The Morgan fingerprint density at radius 2 is 1.80 bits per heavy atom. The third-order valence-corrected chi connectivity index (χ3v) is 4.28. The highest BCUT2D eigenvalue weighted by Crippen LogP contribution is 2.18. The Morgan fingerprint density at radius 1 is 1.20 bits per heavy atom. The van der Waals surface area contributed by atoms with Crippen molar-refractivity contribution in [3.63, 3.8) is 0 Å². The molecular weight excluding hydrogens is 346 g/mol. The van der Waals surface area contributed by atoms with Crippen LogP contribution in [-0.4, -0.2) is 52.4 Å². The zero-order valence-corrected chi connectivity index (χ0v) is 15.7. The summed E-state index contributed by atoms with van der Waals surface area (Å²) in [6.07, 6.45) is 1.08. The molecule has 9 heteroatoms. The minimum atomic E-state index is -3.54. The van der Waals surface area contributed by atoms with Gasteiger partial charge in [0.15, 0.2) is 0 Å². The van der Waals surface area contributed by atoms with Crippen LogP contribution in [0, 0.1) is 0 Å². The summed E-state index contributed by atoms with van der Waals surface area (Å²) in [5, 5.41) is 5.26. The molecule has 0 aromatic heterocycles. The fourth-order valence-corrected chi connectivity index (χ4v) is 2.98. The Bertz CT molecular complexity index is 686. The molecule has 0 bridgehead atoms. The highest BCUT2D eigenvalue weighted by atomic mass is 32.2. The van der Waals surface area contributed by atoms with E-state index in [1.165, 1.54) is 24.3 Å². The summed E-state index contributed by atoms with van der Waals surface area (Å²) in [4.78, 5) is 23.2. The van der Waals surface area contributed by atoms with Crippen LogP contribution in [0.1, 0.15) is 31.1 Å². The van der Waals surface area contributed by atoms with Crippen LogP contribution in [-0.2, 0) is 14.8 Å². The first-order valence-electron chi connectivity index (χ1n) is 7.94. The number of ether oxygens (including phenoxy) is 1. The summed E-state index contributed by atoms with van der Waals surface area (Å²) in [6, 6.07) is 5.69. The molecule has 140 valence electrons. The normalized spacial score (nSPS) is 11.1. The molecule has 8 nitrogen and oxygen atoms in total. The second-order valence-electron chi connectivity index (χ2n) is 5.66. The van der Waals surface area contributed by atoms with Crippen LogP contribution in [0.15, 0.2) is 24.3 Å². The van der Waals surface area contributed by atoms with Gasteiger partial charge >= 0.3 is 12.0 Å². The molecule has 2 amide bonds. The number of carbonyl (C=O) groups is 2.